The molecule has 0 saturated carbocycles. The fourth-order valence-electron chi connectivity index (χ4n) is 4.64. The van der Waals surface area contributed by atoms with Crippen molar-refractivity contribution in [3.8, 4) is 0 Å². The molecule has 25 heavy (non-hydrogen) atoms. The summed E-state index contributed by atoms with van der Waals surface area (Å²) in [5, 5.41) is 0. The quantitative estimate of drug-likeness (QED) is 0.762. The Balaban J connectivity index is 1.60. The van der Waals surface area contributed by atoms with Crippen LogP contribution < -0.4 is 0 Å². The second kappa shape index (κ2) is 6.46. The van der Waals surface area contributed by atoms with Crippen LogP contribution in [-0.4, -0.2) is 43.0 Å². The average molecular weight is 351 g/mol. The van der Waals surface area contributed by atoms with E-state index < -0.39 is 0 Å². The first-order valence-corrected chi connectivity index (χ1v) is 10.4. The molecule has 0 aromatic heterocycles. The summed E-state index contributed by atoms with van der Waals surface area (Å²) < 4.78 is 0. The summed E-state index contributed by atoms with van der Waals surface area (Å²) in [5.74, 6) is 0. The van der Waals surface area contributed by atoms with E-state index in [-0.39, 0.29) is 0 Å². The Morgan fingerprint density at radius 3 is 2.48 bits per heavy atom. The molecule has 130 valence electrons. The minimum atomic E-state index is 0.533. The number of hydrogen-bond acceptors (Lipinski definition) is 3. The molecule has 2 aliphatic heterocycles. The van der Waals surface area contributed by atoms with Gasteiger partial charge in [0, 0.05) is 42.0 Å². The van der Waals surface area contributed by atoms with E-state index in [0.717, 1.165) is 6.42 Å². The number of likely N-dealkylation sites (N-methyl/N-ethyl adjacent to an activating group) is 1. The zero-order valence-electron chi connectivity index (χ0n) is 15.0. The van der Waals surface area contributed by atoms with Crippen LogP contribution in [-0.2, 0) is 19.3 Å². The van der Waals surface area contributed by atoms with Gasteiger partial charge in [-0.05, 0) is 67.1 Å². The number of piperazine rings is 1. The predicted octanol–water partition coefficient (Wildman–Crippen LogP) is 4.17. The summed E-state index contributed by atoms with van der Waals surface area (Å²) in [6, 6.07) is 14.7. The Kier molecular flexibility index (Phi) is 4.11. The molecule has 2 aromatic carbocycles. The number of nitrogens with zero attached hydrogens (tertiary/aromatic N) is 2. The van der Waals surface area contributed by atoms with Crippen LogP contribution in [0.25, 0.3) is 0 Å². The van der Waals surface area contributed by atoms with Crippen molar-refractivity contribution in [1.82, 2.24) is 9.80 Å². The number of benzene rings is 2. The topological polar surface area (TPSA) is 6.48 Å². The van der Waals surface area contributed by atoms with Gasteiger partial charge in [0.2, 0.25) is 0 Å². The minimum absolute atomic E-state index is 0.533. The van der Waals surface area contributed by atoms with Crippen molar-refractivity contribution >= 4 is 11.8 Å². The van der Waals surface area contributed by atoms with E-state index in [1.54, 1.807) is 16.7 Å². The molecule has 3 aliphatic rings. The van der Waals surface area contributed by atoms with Crippen molar-refractivity contribution in [2.75, 3.05) is 33.2 Å². The van der Waals surface area contributed by atoms with Crippen molar-refractivity contribution < 1.29 is 0 Å². The zero-order chi connectivity index (χ0) is 16.8. The number of fused-ring (bicyclic) bond motifs is 3. The highest BCUT2D eigenvalue weighted by atomic mass is 32.2. The number of aryl methyl sites for hydroxylation is 2. The molecule has 0 radical (unpaired) electrons. The Labute approximate surface area is 155 Å². The first-order valence-electron chi connectivity index (χ1n) is 9.62. The van der Waals surface area contributed by atoms with Crippen LogP contribution in [0.3, 0.4) is 0 Å². The Bertz CT molecular complexity index is 793. The predicted molar refractivity (Wildman–Crippen MR) is 105 cm³/mol. The van der Waals surface area contributed by atoms with Crippen molar-refractivity contribution in [2.45, 2.75) is 41.5 Å². The third kappa shape index (κ3) is 2.92. The molecule has 0 amide bonds. The number of hydrogen-bond donors (Lipinski definition) is 0. The first-order chi connectivity index (χ1) is 12.3. The molecule has 0 N–H and O–H groups in total. The molecule has 2 nitrogen and oxygen atoms in total. The monoisotopic (exact) mass is 350 g/mol. The highest BCUT2D eigenvalue weighted by molar-refractivity contribution is 7.99. The van der Waals surface area contributed by atoms with Crippen LogP contribution >= 0.6 is 11.8 Å². The van der Waals surface area contributed by atoms with Crippen molar-refractivity contribution in [3.63, 3.8) is 0 Å². The van der Waals surface area contributed by atoms with Gasteiger partial charge in [-0.2, -0.15) is 0 Å². The lowest BCUT2D eigenvalue weighted by atomic mass is 9.94. The summed E-state index contributed by atoms with van der Waals surface area (Å²) in [4.78, 5) is 8.16. The summed E-state index contributed by atoms with van der Waals surface area (Å²) in [5.41, 5.74) is 6.33. The highest BCUT2D eigenvalue weighted by Crippen LogP contribution is 2.45. The molecular weight excluding hydrogens is 324 g/mol. The molecule has 1 saturated heterocycles. The Morgan fingerprint density at radius 2 is 1.64 bits per heavy atom. The van der Waals surface area contributed by atoms with Crippen LogP contribution in [0.2, 0.25) is 0 Å². The lowest BCUT2D eigenvalue weighted by molar-refractivity contribution is 0.110. The molecule has 5 rings (SSSR count). The summed E-state index contributed by atoms with van der Waals surface area (Å²) >= 11 is 2.00. The fourth-order valence-corrected chi connectivity index (χ4v) is 5.82. The second-order valence-electron chi connectivity index (χ2n) is 7.78. The molecule has 0 spiro atoms. The van der Waals surface area contributed by atoms with E-state index in [1.165, 1.54) is 60.8 Å². The summed E-state index contributed by atoms with van der Waals surface area (Å²) in [7, 11) is 2.25. The van der Waals surface area contributed by atoms with E-state index in [4.69, 9.17) is 0 Å². The van der Waals surface area contributed by atoms with Crippen molar-refractivity contribution in [2.24, 2.45) is 0 Å². The van der Waals surface area contributed by atoms with Crippen LogP contribution in [0.1, 0.15) is 34.7 Å². The standard InChI is InChI=1S/C22H26N2S/c1-23-9-11-24(12-10-23)20-14-18-5-2-3-8-21(18)25-22-15-17-7-4-6-16(17)13-19(20)22/h2-3,5,8,13,15,20H,4,6-7,9-12,14H2,1H3/t20-/m0/s1. The lowest BCUT2D eigenvalue weighted by Gasteiger charge is -2.38. The third-order valence-electron chi connectivity index (χ3n) is 6.17. The van der Waals surface area contributed by atoms with Gasteiger partial charge in [0.05, 0.1) is 0 Å². The lowest BCUT2D eigenvalue weighted by Crippen LogP contribution is -2.46. The molecular formula is C22H26N2S. The van der Waals surface area contributed by atoms with Gasteiger partial charge in [-0.1, -0.05) is 36.0 Å². The van der Waals surface area contributed by atoms with Gasteiger partial charge in [-0.15, -0.1) is 0 Å². The molecule has 1 atom stereocenters. The normalized spacial score (nSPS) is 23.6. The van der Waals surface area contributed by atoms with Gasteiger partial charge in [0.1, 0.15) is 0 Å². The molecule has 0 bridgehead atoms. The maximum atomic E-state index is 2.74. The maximum absolute atomic E-state index is 2.74. The second-order valence-corrected chi connectivity index (χ2v) is 8.87. The van der Waals surface area contributed by atoms with E-state index in [1.807, 2.05) is 11.8 Å². The van der Waals surface area contributed by atoms with Gasteiger partial charge in [-0.25, -0.2) is 0 Å². The Morgan fingerprint density at radius 1 is 0.880 bits per heavy atom. The fraction of sp³-hybridized carbons (Fsp3) is 0.455. The van der Waals surface area contributed by atoms with Crippen molar-refractivity contribution in [3.05, 3.63) is 58.7 Å². The van der Waals surface area contributed by atoms with Gasteiger partial charge >= 0.3 is 0 Å². The SMILES string of the molecule is CN1CCN([C@H]2Cc3ccccc3Sc3cc4c(cc32)CCC4)CC1. The summed E-state index contributed by atoms with van der Waals surface area (Å²) in [6.45, 7) is 4.74. The van der Waals surface area contributed by atoms with Crippen LogP contribution in [0.4, 0.5) is 0 Å². The van der Waals surface area contributed by atoms with Gasteiger partial charge in [0.15, 0.2) is 0 Å². The van der Waals surface area contributed by atoms with Crippen LogP contribution in [0.15, 0.2) is 46.2 Å². The van der Waals surface area contributed by atoms with E-state index in [2.05, 4.69) is 53.2 Å². The first kappa shape index (κ1) is 15.9. The Hall–Kier alpha value is -1.29. The van der Waals surface area contributed by atoms with Gasteiger partial charge < -0.3 is 4.90 Å². The zero-order valence-corrected chi connectivity index (χ0v) is 15.8. The molecule has 0 unspecified atom stereocenters. The molecule has 3 heteroatoms. The molecule has 2 aromatic rings. The van der Waals surface area contributed by atoms with Gasteiger partial charge in [0.25, 0.3) is 0 Å². The molecule has 1 fully saturated rings. The van der Waals surface area contributed by atoms with E-state index in [9.17, 15) is 0 Å². The largest absolute Gasteiger partial charge is 0.304 e. The maximum Gasteiger partial charge on any atom is 0.0401 e. The highest BCUT2D eigenvalue weighted by Gasteiger charge is 2.30. The van der Waals surface area contributed by atoms with Gasteiger partial charge in [-0.3, -0.25) is 4.90 Å². The third-order valence-corrected chi connectivity index (χ3v) is 7.36. The van der Waals surface area contributed by atoms with Crippen LogP contribution in [0, 0.1) is 0 Å². The molecule has 1 aliphatic carbocycles. The average Bonchev–Trinajstić information content (AvgIpc) is 3.02. The minimum Gasteiger partial charge on any atom is -0.304 e. The van der Waals surface area contributed by atoms with Crippen LogP contribution in [0.5, 0.6) is 0 Å². The van der Waals surface area contributed by atoms with E-state index in [0.29, 0.717) is 6.04 Å². The van der Waals surface area contributed by atoms with Crippen molar-refractivity contribution in [1.29, 1.82) is 0 Å². The number of rotatable bonds is 1. The molecule has 2 heterocycles. The smallest absolute Gasteiger partial charge is 0.0401 e. The summed E-state index contributed by atoms with van der Waals surface area (Å²) in [6.07, 6.45) is 5.02. The van der Waals surface area contributed by atoms with E-state index >= 15 is 0 Å².